The number of pyridine rings is 1. The van der Waals surface area contributed by atoms with Crippen molar-refractivity contribution in [2.24, 2.45) is 5.92 Å². The zero-order chi connectivity index (χ0) is 15.2. The van der Waals surface area contributed by atoms with Crippen LogP contribution in [0, 0.1) is 12.8 Å². The van der Waals surface area contributed by atoms with Crippen LogP contribution in [0.2, 0.25) is 0 Å². The Morgan fingerprint density at radius 1 is 1.24 bits per heavy atom. The maximum Gasteiger partial charge on any atom is 0.129 e. The SMILES string of the molecule is CCCNCc1cc(C)nc(N(C)C2CCC(C)CC2)c1. The second-order valence-corrected chi connectivity index (χ2v) is 6.68. The standard InChI is InChI=1S/C18H31N3/c1-5-10-19-13-16-11-15(3)20-18(12-16)21(4)17-8-6-14(2)7-9-17/h11-12,14,17,19H,5-10,13H2,1-4H3. The normalized spacial score (nSPS) is 22.3. The highest BCUT2D eigenvalue weighted by Crippen LogP contribution is 2.29. The van der Waals surface area contributed by atoms with Crippen molar-refractivity contribution in [1.29, 1.82) is 0 Å². The molecule has 118 valence electrons. The van der Waals surface area contributed by atoms with E-state index >= 15 is 0 Å². The molecule has 0 atom stereocenters. The van der Waals surface area contributed by atoms with Gasteiger partial charge in [-0.1, -0.05) is 13.8 Å². The fourth-order valence-electron chi connectivity index (χ4n) is 3.23. The van der Waals surface area contributed by atoms with E-state index in [1.54, 1.807) is 0 Å². The number of hydrogen-bond donors (Lipinski definition) is 1. The van der Waals surface area contributed by atoms with E-state index in [1.165, 1.54) is 37.7 Å². The van der Waals surface area contributed by atoms with Gasteiger partial charge in [0.15, 0.2) is 0 Å². The molecule has 0 radical (unpaired) electrons. The van der Waals surface area contributed by atoms with Crippen molar-refractivity contribution in [2.45, 2.75) is 65.5 Å². The van der Waals surface area contributed by atoms with Crippen molar-refractivity contribution in [2.75, 3.05) is 18.5 Å². The average molecular weight is 289 g/mol. The first-order chi connectivity index (χ1) is 10.1. The van der Waals surface area contributed by atoms with Crippen LogP contribution in [0.1, 0.15) is 57.2 Å². The highest BCUT2D eigenvalue weighted by molar-refractivity contribution is 5.43. The second-order valence-electron chi connectivity index (χ2n) is 6.68. The summed E-state index contributed by atoms with van der Waals surface area (Å²) in [5.74, 6) is 2.04. The van der Waals surface area contributed by atoms with Crippen LogP contribution in [0.5, 0.6) is 0 Å². The van der Waals surface area contributed by atoms with Crippen molar-refractivity contribution in [1.82, 2.24) is 10.3 Å². The minimum Gasteiger partial charge on any atom is -0.357 e. The number of aromatic nitrogens is 1. The predicted molar refractivity (Wildman–Crippen MR) is 90.8 cm³/mol. The second kappa shape index (κ2) is 7.79. The van der Waals surface area contributed by atoms with Crippen LogP contribution < -0.4 is 10.2 Å². The third kappa shape index (κ3) is 4.70. The third-order valence-electron chi connectivity index (χ3n) is 4.65. The van der Waals surface area contributed by atoms with Crippen LogP contribution in [0.3, 0.4) is 0 Å². The Labute approximate surface area is 130 Å². The van der Waals surface area contributed by atoms with Gasteiger partial charge in [-0.3, -0.25) is 0 Å². The molecule has 3 heteroatoms. The highest BCUT2D eigenvalue weighted by atomic mass is 15.2. The molecule has 0 spiro atoms. The molecule has 3 nitrogen and oxygen atoms in total. The quantitative estimate of drug-likeness (QED) is 0.805. The van der Waals surface area contributed by atoms with E-state index in [0.29, 0.717) is 6.04 Å². The van der Waals surface area contributed by atoms with Crippen molar-refractivity contribution < 1.29 is 0 Å². The van der Waals surface area contributed by atoms with Crippen molar-refractivity contribution in [3.63, 3.8) is 0 Å². The molecule has 0 unspecified atom stereocenters. The highest BCUT2D eigenvalue weighted by Gasteiger charge is 2.22. The third-order valence-corrected chi connectivity index (χ3v) is 4.65. The van der Waals surface area contributed by atoms with E-state index in [4.69, 9.17) is 4.98 Å². The van der Waals surface area contributed by atoms with Crippen molar-refractivity contribution >= 4 is 5.82 Å². The van der Waals surface area contributed by atoms with Crippen LogP contribution in [0.15, 0.2) is 12.1 Å². The number of aryl methyl sites for hydroxylation is 1. The van der Waals surface area contributed by atoms with Crippen LogP contribution in [0.4, 0.5) is 5.82 Å². The molecule has 1 N–H and O–H groups in total. The molecular weight excluding hydrogens is 258 g/mol. The van der Waals surface area contributed by atoms with Gasteiger partial charge < -0.3 is 10.2 Å². The number of anilines is 1. The maximum absolute atomic E-state index is 4.75. The Kier molecular flexibility index (Phi) is 6.04. The number of nitrogens with one attached hydrogen (secondary N) is 1. The lowest BCUT2D eigenvalue weighted by Gasteiger charge is -2.34. The largest absolute Gasteiger partial charge is 0.357 e. The summed E-state index contributed by atoms with van der Waals surface area (Å²) >= 11 is 0. The monoisotopic (exact) mass is 289 g/mol. The first kappa shape index (κ1) is 16.3. The molecule has 1 fully saturated rings. The zero-order valence-electron chi connectivity index (χ0n) is 14.2. The van der Waals surface area contributed by atoms with Crippen LogP contribution >= 0.6 is 0 Å². The zero-order valence-corrected chi connectivity index (χ0v) is 14.2. The first-order valence-electron chi connectivity index (χ1n) is 8.51. The van der Waals surface area contributed by atoms with E-state index in [2.05, 4.69) is 50.2 Å². The van der Waals surface area contributed by atoms with Gasteiger partial charge in [-0.25, -0.2) is 4.98 Å². The van der Waals surface area contributed by atoms with Gasteiger partial charge in [-0.15, -0.1) is 0 Å². The Morgan fingerprint density at radius 2 is 1.95 bits per heavy atom. The van der Waals surface area contributed by atoms with Gasteiger partial charge in [0, 0.05) is 25.3 Å². The van der Waals surface area contributed by atoms with Crippen LogP contribution in [-0.4, -0.2) is 24.6 Å². The molecule has 0 aliphatic heterocycles. The van der Waals surface area contributed by atoms with E-state index in [1.807, 2.05) is 0 Å². The van der Waals surface area contributed by atoms with Gasteiger partial charge in [-0.05, 0) is 69.2 Å². The van der Waals surface area contributed by atoms with Crippen molar-refractivity contribution in [3.8, 4) is 0 Å². The van der Waals surface area contributed by atoms with Crippen LogP contribution in [-0.2, 0) is 6.54 Å². The molecule has 1 aromatic heterocycles. The minimum atomic E-state index is 0.659. The molecule has 0 bridgehead atoms. The molecule has 0 amide bonds. The summed E-state index contributed by atoms with van der Waals surface area (Å²) in [6.07, 6.45) is 6.49. The molecule has 1 saturated carbocycles. The van der Waals surface area contributed by atoms with E-state index < -0.39 is 0 Å². The summed E-state index contributed by atoms with van der Waals surface area (Å²) in [6, 6.07) is 5.11. The van der Waals surface area contributed by atoms with Crippen LogP contribution in [0.25, 0.3) is 0 Å². The average Bonchev–Trinajstić information content (AvgIpc) is 2.47. The van der Waals surface area contributed by atoms with Crippen molar-refractivity contribution in [3.05, 3.63) is 23.4 Å². The topological polar surface area (TPSA) is 28.2 Å². The molecule has 21 heavy (non-hydrogen) atoms. The molecule has 2 rings (SSSR count). The lowest BCUT2D eigenvalue weighted by molar-refractivity contribution is 0.340. The number of hydrogen-bond acceptors (Lipinski definition) is 3. The summed E-state index contributed by atoms with van der Waals surface area (Å²) in [4.78, 5) is 7.16. The molecule has 1 heterocycles. The van der Waals surface area contributed by atoms with E-state index in [9.17, 15) is 0 Å². The summed E-state index contributed by atoms with van der Waals surface area (Å²) in [7, 11) is 2.21. The number of nitrogens with zero attached hydrogens (tertiary/aromatic N) is 2. The Bertz CT molecular complexity index is 436. The summed E-state index contributed by atoms with van der Waals surface area (Å²) in [5.41, 5.74) is 2.47. The minimum absolute atomic E-state index is 0.659. The van der Waals surface area contributed by atoms with Gasteiger partial charge >= 0.3 is 0 Å². The van der Waals surface area contributed by atoms with Gasteiger partial charge in [0.05, 0.1) is 0 Å². The van der Waals surface area contributed by atoms with Gasteiger partial charge in [0.2, 0.25) is 0 Å². The molecular formula is C18H31N3. The van der Waals surface area contributed by atoms with E-state index in [0.717, 1.165) is 30.5 Å². The van der Waals surface area contributed by atoms with Gasteiger partial charge in [0.25, 0.3) is 0 Å². The molecule has 0 aromatic carbocycles. The Balaban J connectivity index is 2.04. The first-order valence-corrected chi connectivity index (χ1v) is 8.51. The molecule has 1 aliphatic rings. The molecule has 0 saturated heterocycles. The fraction of sp³-hybridized carbons (Fsp3) is 0.722. The lowest BCUT2D eigenvalue weighted by Crippen LogP contribution is -2.35. The fourth-order valence-corrected chi connectivity index (χ4v) is 3.23. The van der Waals surface area contributed by atoms with Gasteiger partial charge in [0.1, 0.15) is 5.82 Å². The lowest BCUT2D eigenvalue weighted by atomic mass is 9.87. The van der Waals surface area contributed by atoms with E-state index in [-0.39, 0.29) is 0 Å². The molecule has 1 aliphatic carbocycles. The molecule has 1 aromatic rings. The maximum atomic E-state index is 4.75. The smallest absolute Gasteiger partial charge is 0.129 e. The Morgan fingerprint density at radius 3 is 2.62 bits per heavy atom. The summed E-state index contributed by atoms with van der Waals surface area (Å²) in [5, 5.41) is 3.48. The summed E-state index contributed by atoms with van der Waals surface area (Å²) in [6.45, 7) is 8.70. The number of rotatable bonds is 6. The summed E-state index contributed by atoms with van der Waals surface area (Å²) < 4.78 is 0. The predicted octanol–water partition coefficient (Wildman–Crippen LogP) is 3.90. The Hall–Kier alpha value is -1.09. The van der Waals surface area contributed by atoms with Gasteiger partial charge in [-0.2, -0.15) is 0 Å².